The van der Waals surface area contributed by atoms with Gasteiger partial charge in [-0.1, -0.05) is 13.3 Å². The molecule has 0 bridgehead atoms. The molecule has 3 heteroatoms. The fraction of sp³-hybridized carbons (Fsp3) is 0.444. The third kappa shape index (κ3) is 2.57. The zero-order valence-electron chi connectivity index (χ0n) is 7.00. The summed E-state index contributed by atoms with van der Waals surface area (Å²) in [6, 6.07) is 1.90. The zero-order valence-corrected chi connectivity index (χ0v) is 8.58. The van der Waals surface area contributed by atoms with Gasteiger partial charge < -0.3 is 5.11 Å². The number of hydrogen-bond donors (Lipinski definition) is 1. The second kappa shape index (κ2) is 4.58. The number of halogens is 1. The van der Waals surface area contributed by atoms with E-state index in [-0.39, 0.29) is 6.10 Å². The molecule has 0 spiro atoms. The van der Waals surface area contributed by atoms with Gasteiger partial charge in [0.15, 0.2) is 0 Å². The number of aliphatic hydroxyl groups excluding tert-OH is 1. The Bertz CT molecular complexity index is 252. The molecule has 0 aliphatic rings. The highest BCUT2D eigenvalue weighted by atomic mass is 79.9. The van der Waals surface area contributed by atoms with Crippen LogP contribution in [-0.2, 0) is 0 Å². The van der Waals surface area contributed by atoms with Crippen molar-refractivity contribution in [3.05, 3.63) is 28.5 Å². The minimum absolute atomic E-state index is 0.375. The van der Waals surface area contributed by atoms with Crippen molar-refractivity contribution in [3.8, 4) is 0 Å². The van der Waals surface area contributed by atoms with Gasteiger partial charge in [-0.3, -0.25) is 4.98 Å². The first-order valence-corrected chi connectivity index (χ1v) is 4.82. The average Bonchev–Trinajstić information content (AvgIpc) is 2.05. The van der Waals surface area contributed by atoms with E-state index in [4.69, 9.17) is 0 Å². The maximum absolute atomic E-state index is 9.58. The summed E-state index contributed by atoms with van der Waals surface area (Å²) in [6.07, 6.45) is 4.80. The van der Waals surface area contributed by atoms with Crippen LogP contribution in [0.2, 0.25) is 0 Å². The number of rotatable bonds is 3. The van der Waals surface area contributed by atoms with Crippen molar-refractivity contribution in [3.63, 3.8) is 0 Å². The average molecular weight is 230 g/mol. The molecule has 0 aromatic carbocycles. The van der Waals surface area contributed by atoms with Crippen molar-refractivity contribution in [2.45, 2.75) is 25.9 Å². The lowest BCUT2D eigenvalue weighted by molar-refractivity contribution is 0.166. The van der Waals surface area contributed by atoms with Crippen molar-refractivity contribution in [2.24, 2.45) is 0 Å². The zero-order chi connectivity index (χ0) is 8.97. The SMILES string of the molecule is CCC[C@@H](O)c1cncc(Br)c1. The van der Waals surface area contributed by atoms with Crippen LogP contribution < -0.4 is 0 Å². The molecule has 0 aliphatic carbocycles. The van der Waals surface area contributed by atoms with E-state index in [9.17, 15) is 5.11 Å². The second-order valence-corrected chi connectivity index (χ2v) is 3.66. The second-order valence-electron chi connectivity index (χ2n) is 2.74. The van der Waals surface area contributed by atoms with Crippen LogP contribution >= 0.6 is 15.9 Å². The van der Waals surface area contributed by atoms with Gasteiger partial charge in [0.05, 0.1) is 6.10 Å². The highest BCUT2D eigenvalue weighted by molar-refractivity contribution is 9.10. The number of pyridine rings is 1. The molecule has 2 nitrogen and oxygen atoms in total. The standard InChI is InChI=1S/C9H12BrNO/c1-2-3-9(12)7-4-8(10)6-11-5-7/h4-6,9,12H,2-3H2,1H3/t9-/m1/s1. The molecule has 0 aliphatic heterocycles. The van der Waals surface area contributed by atoms with Gasteiger partial charge in [-0.15, -0.1) is 0 Å². The van der Waals surface area contributed by atoms with Crippen LogP contribution in [0.25, 0.3) is 0 Å². The molecule has 0 fully saturated rings. The summed E-state index contributed by atoms with van der Waals surface area (Å²) in [7, 11) is 0. The van der Waals surface area contributed by atoms with E-state index >= 15 is 0 Å². The van der Waals surface area contributed by atoms with Crippen LogP contribution in [0.3, 0.4) is 0 Å². The topological polar surface area (TPSA) is 33.1 Å². The molecular weight excluding hydrogens is 218 g/mol. The monoisotopic (exact) mass is 229 g/mol. The highest BCUT2D eigenvalue weighted by Gasteiger charge is 2.05. The van der Waals surface area contributed by atoms with E-state index in [1.807, 2.05) is 6.07 Å². The van der Waals surface area contributed by atoms with Gasteiger partial charge in [-0.05, 0) is 34.0 Å². The predicted molar refractivity (Wildman–Crippen MR) is 51.8 cm³/mol. The molecule has 0 saturated heterocycles. The van der Waals surface area contributed by atoms with Crippen molar-refractivity contribution in [1.82, 2.24) is 4.98 Å². The maximum atomic E-state index is 9.58. The Labute approximate surface area is 80.8 Å². The third-order valence-electron chi connectivity index (χ3n) is 1.67. The summed E-state index contributed by atoms with van der Waals surface area (Å²) in [5.74, 6) is 0. The molecule has 1 N–H and O–H groups in total. The van der Waals surface area contributed by atoms with Crippen LogP contribution in [0, 0.1) is 0 Å². The lowest BCUT2D eigenvalue weighted by atomic mass is 10.1. The van der Waals surface area contributed by atoms with E-state index < -0.39 is 0 Å². The summed E-state index contributed by atoms with van der Waals surface area (Å²) in [4.78, 5) is 3.98. The smallest absolute Gasteiger partial charge is 0.0805 e. The van der Waals surface area contributed by atoms with Gasteiger partial charge in [0.1, 0.15) is 0 Å². The van der Waals surface area contributed by atoms with Crippen LogP contribution in [-0.4, -0.2) is 10.1 Å². The molecule has 12 heavy (non-hydrogen) atoms. The number of aromatic nitrogens is 1. The molecule has 1 atom stereocenters. The van der Waals surface area contributed by atoms with Crippen LogP contribution in [0.1, 0.15) is 31.4 Å². The van der Waals surface area contributed by atoms with Crippen LogP contribution in [0.15, 0.2) is 22.9 Å². The Morgan fingerprint density at radius 3 is 2.92 bits per heavy atom. The summed E-state index contributed by atoms with van der Waals surface area (Å²) < 4.78 is 0.912. The molecule has 0 amide bonds. The summed E-state index contributed by atoms with van der Waals surface area (Å²) in [6.45, 7) is 2.05. The number of aliphatic hydroxyl groups is 1. The van der Waals surface area contributed by atoms with Gasteiger partial charge in [0.25, 0.3) is 0 Å². The molecule has 0 saturated carbocycles. The normalized spacial score (nSPS) is 12.9. The van der Waals surface area contributed by atoms with E-state index in [0.717, 1.165) is 22.9 Å². The quantitative estimate of drug-likeness (QED) is 0.865. The molecule has 0 unspecified atom stereocenters. The summed E-state index contributed by atoms with van der Waals surface area (Å²) in [5, 5.41) is 9.58. The lowest BCUT2D eigenvalue weighted by Crippen LogP contribution is -1.96. The lowest BCUT2D eigenvalue weighted by Gasteiger charge is -2.08. The molecule has 1 rings (SSSR count). The first-order chi connectivity index (χ1) is 5.74. The minimum Gasteiger partial charge on any atom is -0.388 e. The molecule has 66 valence electrons. The van der Waals surface area contributed by atoms with Crippen molar-refractivity contribution in [2.75, 3.05) is 0 Å². The third-order valence-corrected chi connectivity index (χ3v) is 2.11. The van der Waals surface area contributed by atoms with E-state index in [0.29, 0.717) is 0 Å². The van der Waals surface area contributed by atoms with Crippen molar-refractivity contribution >= 4 is 15.9 Å². The van der Waals surface area contributed by atoms with E-state index in [1.54, 1.807) is 12.4 Å². The Kier molecular flexibility index (Phi) is 3.69. The van der Waals surface area contributed by atoms with Gasteiger partial charge >= 0.3 is 0 Å². The number of hydrogen-bond acceptors (Lipinski definition) is 2. The van der Waals surface area contributed by atoms with Crippen LogP contribution in [0.5, 0.6) is 0 Å². The van der Waals surface area contributed by atoms with E-state index in [1.165, 1.54) is 0 Å². The Balaban J connectivity index is 2.73. The molecule has 1 aromatic heterocycles. The van der Waals surface area contributed by atoms with Crippen molar-refractivity contribution in [1.29, 1.82) is 0 Å². The Morgan fingerprint density at radius 2 is 2.33 bits per heavy atom. The van der Waals surface area contributed by atoms with Gasteiger partial charge in [-0.25, -0.2) is 0 Å². The Hall–Kier alpha value is -0.410. The van der Waals surface area contributed by atoms with Gasteiger partial charge in [0, 0.05) is 16.9 Å². The first-order valence-electron chi connectivity index (χ1n) is 4.02. The Morgan fingerprint density at radius 1 is 1.58 bits per heavy atom. The number of nitrogens with zero attached hydrogens (tertiary/aromatic N) is 1. The fourth-order valence-electron chi connectivity index (χ4n) is 1.05. The predicted octanol–water partition coefficient (Wildman–Crippen LogP) is 2.68. The molecule has 0 radical (unpaired) electrons. The molecule has 1 aromatic rings. The largest absolute Gasteiger partial charge is 0.388 e. The summed E-state index contributed by atoms with van der Waals surface area (Å²) >= 11 is 3.31. The first kappa shape index (κ1) is 9.68. The van der Waals surface area contributed by atoms with Gasteiger partial charge in [0.2, 0.25) is 0 Å². The summed E-state index contributed by atoms with van der Waals surface area (Å²) in [5.41, 5.74) is 0.881. The highest BCUT2D eigenvalue weighted by Crippen LogP contribution is 2.19. The van der Waals surface area contributed by atoms with Gasteiger partial charge in [-0.2, -0.15) is 0 Å². The fourth-order valence-corrected chi connectivity index (χ4v) is 1.43. The molecule has 1 heterocycles. The maximum Gasteiger partial charge on any atom is 0.0805 e. The van der Waals surface area contributed by atoms with E-state index in [2.05, 4.69) is 27.8 Å². The minimum atomic E-state index is -0.375. The van der Waals surface area contributed by atoms with Crippen LogP contribution in [0.4, 0.5) is 0 Å². The van der Waals surface area contributed by atoms with Crippen molar-refractivity contribution < 1.29 is 5.11 Å². The molecular formula is C9H12BrNO.